The Morgan fingerprint density at radius 2 is 1.94 bits per heavy atom. The van der Waals surface area contributed by atoms with E-state index >= 15 is 0 Å². The molecular formula is C22H22ClN5O4S. The molecule has 3 N–H and O–H groups in total. The average Bonchev–Trinajstić information content (AvgIpc) is 3.12. The van der Waals surface area contributed by atoms with Crippen LogP contribution in [0.1, 0.15) is 12.0 Å². The Balaban J connectivity index is 1.77. The van der Waals surface area contributed by atoms with Gasteiger partial charge in [0.25, 0.3) is 0 Å². The third kappa shape index (κ3) is 5.01. The first kappa shape index (κ1) is 22.8. The summed E-state index contributed by atoms with van der Waals surface area (Å²) < 4.78 is 30.0. The molecule has 2 amide bonds. The first-order valence-corrected chi connectivity index (χ1v) is 12.5. The van der Waals surface area contributed by atoms with Crippen molar-refractivity contribution in [2.45, 2.75) is 12.0 Å². The van der Waals surface area contributed by atoms with Crippen molar-refractivity contribution in [2.24, 2.45) is 0 Å². The molecule has 1 aromatic heterocycles. The number of ether oxygens (including phenoxy) is 1. The maximum Gasteiger partial charge on any atom is 0.322 e. The zero-order valence-electron chi connectivity index (χ0n) is 17.7. The van der Waals surface area contributed by atoms with Gasteiger partial charge in [0.15, 0.2) is 0 Å². The van der Waals surface area contributed by atoms with Gasteiger partial charge in [-0.15, -0.1) is 0 Å². The number of halogens is 1. The van der Waals surface area contributed by atoms with Crippen molar-refractivity contribution in [1.82, 2.24) is 15.3 Å². The van der Waals surface area contributed by atoms with Gasteiger partial charge >= 0.3 is 6.03 Å². The van der Waals surface area contributed by atoms with E-state index in [4.69, 9.17) is 22.1 Å². The minimum absolute atomic E-state index is 0.111. The fraction of sp³-hybridized carbons (Fsp3) is 0.227. The van der Waals surface area contributed by atoms with Crippen molar-refractivity contribution >= 4 is 39.0 Å². The first-order chi connectivity index (χ1) is 15.7. The molecule has 0 saturated carbocycles. The first-order valence-electron chi connectivity index (χ1n) is 10.0. The van der Waals surface area contributed by atoms with Crippen molar-refractivity contribution in [3.63, 3.8) is 0 Å². The number of nitrogens with two attached hydrogens (primary N) is 1. The smallest absolute Gasteiger partial charge is 0.322 e. The van der Waals surface area contributed by atoms with Crippen molar-refractivity contribution < 1.29 is 17.9 Å². The number of benzene rings is 2. The summed E-state index contributed by atoms with van der Waals surface area (Å²) in [7, 11) is -3.30. The summed E-state index contributed by atoms with van der Waals surface area (Å²) in [4.78, 5) is 22.6. The molecule has 1 aliphatic rings. The Kier molecular flexibility index (Phi) is 6.13. The van der Waals surface area contributed by atoms with Gasteiger partial charge in [0.2, 0.25) is 5.88 Å². The molecule has 1 saturated heterocycles. The molecule has 0 spiro atoms. The molecule has 2 aromatic carbocycles. The molecule has 33 heavy (non-hydrogen) atoms. The molecule has 0 aliphatic carbocycles. The van der Waals surface area contributed by atoms with Gasteiger partial charge in [-0.1, -0.05) is 23.7 Å². The zero-order chi connectivity index (χ0) is 23.6. The van der Waals surface area contributed by atoms with E-state index in [0.717, 1.165) is 0 Å². The number of nitrogens with zero attached hydrogens (tertiary/aromatic N) is 3. The second-order valence-electron chi connectivity index (χ2n) is 7.79. The minimum atomic E-state index is -3.30. The Hall–Kier alpha value is -3.37. The van der Waals surface area contributed by atoms with E-state index in [1.165, 1.54) is 18.6 Å². The van der Waals surface area contributed by atoms with Crippen molar-refractivity contribution in [3.05, 3.63) is 71.5 Å². The topological polar surface area (TPSA) is 128 Å². The molecule has 4 rings (SSSR count). The van der Waals surface area contributed by atoms with Crippen molar-refractivity contribution in [2.75, 3.05) is 29.2 Å². The zero-order valence-corrected chi connectivity index (χ0v) is 19.3. The summed E-state index contributed by atoms with van der Waals surface area (Å²) in [5.41, 5.74) is 5.91. The number of aromatic nitrogens is 2. The van der Waals surface area contributed by atoms with Gasteiger partial charge in [0.1, 0.15) is 21.4 Å². The summed E-state index contributed by atoms with van der Waals surface area (Å²) in [5.74, 6) is 0.869. The van der Waals surface area contributed by atoms with Gasteiger partial charge in [-0.2, -0.15) is 0 Å². The maximum absolute atomic E-state index is 13.0. The summed E-state index contributed by atoms with van der Waals surface area (Å²) in [6.07, 6.45) is 4.14. The third-order valence-corrected chi connectivity index (χ3v) is 6.57. The Labute approximate surface area is 196 Å². The predicted molar refractivity (Wildman–Crippen MR) is 126 cm³/mol. The lowest BCUT2D eigenvalue weighted by Gasteiger charge is -2.37. The molecule has 3 aromatic rings. The number of rotatable bonds is 7. The quantitative estimate of drug-likeness (QED) is 0.523. The Morgan fingerprint density at radius 1 is 1.18 bits per heavy atom. The molecule has 1 unspecified atom stereocenters. The summed E-state index contributed by atoms with van der Waals surface area (Å²) in [6.45, 7) is 0.217. The van der Waals surface area contributed by atoms with Crippen LogP contribution in [0.15, 0.2) is 60.9 Å². The molecule has 1 atom stereocenters. The fourth-order valence-corrected chi connectivity index (χ4v) is 4.64. The lowest BCUT2D eigenvalue weighted by atomic mass is 9.86. The molecule has 0 radical (unpaired) electrons. The van der Waals surface area contributed by atoms with E-state index < -0.39 is 15.4 Å². The highest BCUT2D eigenvalue weighted by Gasteiger charge is 2.48. The number of nitrogen functional groups attached to an aromatic ring is 1. The van der Waals surface area contributed by atoms with Crippen LogP contribution < -0.4 is 20.7 Å². The molecule has 11 heteroatoms. The second-order valence-corrected chi connectivity index (χ2v) is 10.5. The molecular weight excluding hydrogens is 466 g/mol. The van der Waals surface area contributed by atoms with Gasteiger partial charge < -0.3 is 15.8 Å². The summed E-state index contributed by atoms with van der Waals surface area (Å²) in [5, 5.41) is 3.39. The van der Waals surface area contributed by atoms with Crippen LogP contribution >= 0.6 is 11.6 Å². The highest BCUT2D eigenvalue weighted by molar-refractivity contribution is 7.90. The normalized spacial score (nSPS) is 18.2. The van der Waals surface area contributed by atoms with Gasteiger partial charge in [0, 0.05) is 23.5 Å². The van der Waals surface area contributed by atoms with E-state index in [2.05, 4.69) is 15.3 Å². The lowest BCUT2D eigenvalue weighted by Crippen LogP contribution is -2.46. The van der Waals surface area contributed by atoms with Crippen LogP contribution in [0.3, 0.4) is 0 Å². The summed E-state index contributed by atoms with van der Waals surface area (Å²) in [6, 6.07) is 13.6. The monoisotopic (exact) mass is 487 g/mol. The van der Waals surface area contributed by atoms with E-state index in [1.807, 2.05) is 6.07 Å². The third-order valence-electron chi connectivity index (χ3n) is 5.38. The van der Waals surface area contributed by atoms with Crippen LogP contribution in [0.4, 0.5) is 16.3 Å². The van der Waals surface area contributed by atoms with E-state index in [0.29, 0.717) is 22.0 Å². The van der Waals surface area contributed by atoms with Gasteiger partial charge in [-0.05, 0) is 48.4 Å². The average molecular weight is 488 g/mol. The maximum atomic E-state index is 13.0. The molecule has 172 valence electrons. The van der Waals surface area contributed by atoms with E-state index in [9.17, 15) is 13.2 Å². The number of carbonyl (C=O) groups excluding carboxylic acids is 1. The number of amides is 2. The molecule has 0 bridgehead atoms. The van der Waals surface area contributed by atoms with Gasteiger partial charge in [0.05, 0.1) is 23.7 Å². The van der Waals surface area contributed by atoms with Gasteiger partial charge in [-0.3, -0.25) is 4.90 Å². The Morgan fingerprint density at radius 3 is 2.61 bits per heavy atom. The van der Waals surface area contributed by atoms with Crippen LogP contribution in [0, 0.1) is 0 Å². The van der Waals surface area contributed by atoms with Gasteiger partial charge in [-0.25, -0.2) is 23.2 Å². The van der Waals surface area contributed by atoms with E-state index in [-0.39, 0.29) is 36.4 Å². The number of sulfone groups is 1. The van der Waals surface area contributed by atoms with Crippen molar-refractivity contribution in [1.29, 1.82) is 0 Å². The van der Waals surface area contributed by atoms with Crippen molar-refractivity contribution in [3.8, 4) is 11.6 Å². The minimum Gasteiger partial charge on any atom is -0.437 e. The van der Waals surface area contributed by atoms with Crippen LogP contribution in [0.2, 0.25) is 5.02 Å². The van der Waals surface area contributed by atoms with Crippen LogP contribution in [0.5, 0.6) is 11.6 Å². The number of anilines is 2. The number of carbonyl (C=O) groups is 1. The van der Waals surface area contributed by atoms with Crippen LogP contribution in [-0.4, -0.2) is 43.0 Å². The number of hydrogen-bond donors (Lipinski definition) is 2. The van der Waals surface area contributed by atoms with Crippen LogP contribution in [-0.2, 0) is 15.4 Å². The highest BCUT2D eigenvalue weighted by atomic mass is 35.5. The standard InChI is InChI=1S/C22H22ClN5O4S/c1-33(30,31)10-9-22(14-27-21(29)28(22)17-7-5-16(23)6-8-17)15-3-2-4-18(11-15)32-20-13-25-19(24)12-26-20/h2-8,11-13H,9-10,14H2,1H3,(H2,24,25)(H,27,29). The van der Waals surface area contributed by atoms with Crippen LogP contribution in [0.25, 0.3) is 0 Å². The SMILES string of the molecule is CS(=O)(=O)CCC1(c2cccc(Oc3cnc(N)cn3)c2)CNC(=O)N1c1ccc(Cl)cc1. The molecule has 1 aliphatic heterocycles. The van der Waals surface area contributed by atoms with E-state index in [1.54, 1.807) is 47.4 Å². The molecule has 9 nitrogen and oxygen atoms in total. The fourth-order valence-electron chi connectivity index (χ4n) is 3.81. The number of hydrogen-bond acceptors (Lipinski definition) is 7. The number of urea groups is 1. The molecule has 2 heterocycles. The Bertz CT molecular complexity index is 1270. The predicted octanol–water partition coefficient (Wildman–Crippen LogP) is 3.36. The second kappa shape index (κ2) is 8.87. The lowest BCUT2D eigenvalue weighted by molar-refractivity contribution is 0.250. The number of nitrogens with one attached hydrogen (secondary N) is 1. The largest absolute Gasteiger partial charge is 0.437 e. The molecule has 1 fully saturated rings. The summed E-state index contributed by atoms with van der Waals surface area (Å²) >= 11 is 6.04. The highest BCUT2D eigenvalue weighted by Crippen LogP contribution is 2.41.